The van der Waals surface area contributed by atoms with Crippen LogP contribution in [0.1, 0.15) is 13.8 Å². The second kappa shape index (κ2) is 3.96. The highest BCUT2D eigenvalue weighted by Gasteiger charge is 2.44. The van der Waals surface area contributed by atoms with Crippen LogP contribution in [0.4, 0.5) is 0 Å². The van der Waals surface area contributed by atoms with E-state index in [4.69, 9.17) is 26.4 Å². The van der Waals surface area contributed by atoms with Crippen molar-refractivity contribution < 1.29 is 14.2 Å². The first kappa shape index (κ1) is 10.7. The van der Waals surface area contributed by atoms with Crippen LogP contribution < -0.4 is 0 Å². The van der Waals surface area contributed by atoms with Crippen molar-refractivity contribution in [1.82, 2.24) is 0 Å². The summed E-state index contributed by atoms with van der Waals surface area (Å²) < 4.78 is 17.4. The molecule has 0 aromatic heterocycles. The Morgan fingerprint density at radius 1 is 1.43 bits per heavy atom. The fraction of sp³-hybridized carbons (Fsp3) is 0.889. The Kier molecular flexibility index (Phi) is 3.02. The first-order valence-corrected chi connectivity index (χ1v) is 6.10. The van der Waals surface area contributed by atoms with Crippen LogP contribution in [-0.2, 0) is 14.2 Å². The van der Waals surface area contributed by atoms with E-state index < -0.39 is 0 Å². The maximum absolute atomic E-state index is 5.61. The molecule has 0 N–H and O–H groups in total. The molecule has 0 atom stereocenters. The molecule has 0 amide bonds. The minimum Gasteiger partial charge on any atom is -0.466 e. The van der Waals surface area contributed by atoms with Gasteiger partial charge >= 0.3 is 0 Å². The van der Waals surface area contributed by atoms with Gasteiger partial charge in [0.15, 0.2) is 11.9 Å². The second-order valence-electron chi connectivity index (χ2n) is 4.06. The Morgan fingerprint density at radius 2 is 2.07 bits per heavy atom. The lowest BCUT2D eigenvalue weighted by Gasteiger charge is -2.36. The van der Waals surface area contributed by atoms with Gasteiger partial charge in [0.05, 0.1) is 13.2 Å². The minimum absolute atomic E-state index is 0.0941. The molecule has 0 aromatic rings. The van der Waals surface area contributed by atoms with E-state index in [1.165, 1.54) is 0 Å². The highest BCUT2D eigenvalue weighted by Crippen LogP contribution is 2.34. The number of hydrogen-bond acceptors (Lipinski definition) is 5. The number of rotatable bonds is 1. The highest BCUT2D eigenvalue weighted by atomic mass is 32.2. The van der Waals surface area contributed by atoms with Gasteiger partial charge in [0.1, 0.15) is 0 Å². The SMILES string of the molecule is CC(C)C1OCC2(CO1)CSC(=S)O2. The van der Waals surface area contributed by atoms with E-state index in [2.05, 4.69) is 13.8 Å². The average molecular weight is 234 g/mol. The number of thioether (sulfide) groups is 1. The van der Waals surface area contributed by atoms with Gasteiger partial charge in [-0.1, -0.05) is 25.6 Å². The van der Waals surface area contributed by atoms with Crippen molar-refractivity contribution in [2.45, 2.75) is 25.7 Å². The molecule has 14 heavy (non-hydrogen) atoms. The number of hydrogen-bond donors (Lipinski definition) is 0. The fourth-order valence-electron chi connectivity index (χ4n) is 1.51. The summed E-state index contributed by atoms with van der Waals surface area (Å²) in [6, 6.07) is 0. The molecular formula is C9H14O3S2. The van der Waals surface area contributed by atoms with E-state index in [1.807, 2.05) is 0 Å². The molecule has 0 bridgehead atoms. The van der Waals surface area contributed by atoms with Crippen molar-refractivity contribution in [2.75, 3.05) is 19.0 Å². The zero-order chi connectivity index (χ0) is 10.2. The number of ether oxygens (including phenoxy) is 3. The molecule has 0 aliphatic carbocycles. The van der Waals surface area contributed by atoms with E-state index in [9.17, 15) is 0 Å². The quantitative estimate of drug-likeness (QED) is 0.645. The zero-order valence-corrected chi connectivity index (χ0v) is 9.95. The van der Waals surface area contributed by atoms with Gasteiger partial charge in [0.25, 0.3) is 0 Å². The third-order valence-corrected chi connectivity index (χ3v) is 3.74. The monoisotopic (exact) mass is 234 g/mol. The maximum Gasteiger partial charge on any atom is 0.220 e. The highest BCUT2D eigenvalue weighted by molar-refractivity contribution is 8.22. The zero-order valence-electron chi connectivity index (χ0n) is 8.32. The lowest BCUT2D eigenvalue weighted by atomic mass is 10.1. The first-order valence-electron chi connectivity index (χ1n) is 4.70. The van der Waals surface area contributed by atoms with Crippen LogP contribution in [0.15, 0.2) is 0 Å². The van der Waals surface area contributed by atoms with Crippen LogP contribution in [0, 0.1) is 5.92 Å². The molecule has 2 aliphatic rings. The van der Waals surface area contributed by atoms with E-state index in [0.717, 1.165) is 5.75 Å². The maximum atomic E-state index is 5.61. The third kappa shape index (κ3) is 2.05. The van der Waals surface area contributed by atoms with E-state index in [1.54, 1.807) is 11.8 Å². The Labute approximate surface area is 93.5 Å². The lowest BCUT2D eigenvalue weighted by Crippen LogP contribution is -2.50. The Balaban J connectivity index is 1.92. The molecule has 1 spiro atoms. The molecule has 2 aliphatic heterocycles. The van der Waals surface area contributed by atoms with Gasteiger partial charge < -0.3 is 14.2 Å². The van der Waals surface area contributed by atoms with Crippen molar-refractivity contribution in [1.29, 1.82) is 0 Å². The third-order valence-electron chi connectivity index (χ3n) is 2.32. The molecule has 0 saturated carbocycles. The van der Waals surface area contributed by atoms with Gasteiger partial charge in [-0.15, -0.1) is 0 Å². The molecule has 3 nitrogen and oxygen atoms in total. The molecule has 2 saturated heterocycles. The number of thiocarbonyl (C=S) groups is 1. The topological polar surface area (TPSA) is 27.7 Å². The molecular weight excluding hydrogens is 220 g/mol. The summed E-state index contributed by atoms with van der Waals surface area (Å²) in [6.45, 7) is 5.33. The lowest BCUT2D eigenvalue weighted by molar-refractivity contribution is -0.253. The van der Waals surface area contributed by atoms with Gasteiger partial charge in [-0.2, -0.15) is 0 Å². The van der Waals surface area contributed by atoms with Gasteiger partial charge in [0, 0.05) is 11.7 Å². The van der Waals surface area contributed by atoms with Gasteiger partial charge in [-0.05, 0) is 12.2 Å². The van der Waals surface area contributed by atoms with Gasteiger partial charge in [-0.25, -0.2) is 0 Å². The predicted octanol–water partition coefficient (Wildman–Crippen LogP) is 1.80. The Bertz CT molecular complexity index is 234. The molecule has 5 heteroatoms. The van der Waals surface area contributed by atoms with E-state index >= 15 is 0 Å². The smallest absolute Gasteiger partial charge is 0.220 e. The van der Waals surface area contributed by atoms with Gasteiger partial charge in [-0.3, -0.25) is 0 Å². The molecule has 0 radical (unpaired) electrons. The minimum atomic E-state index is -0.312. The van der Waals surface area contributed by atoms with Crippen LogP contribution in [-0.4, -0.2) is 35.2 Å². The summed E-state index contributed by atoms with van der Waals surface area (Å²) >= 11 is 6.54. The summed E-state index contributed by atoms with van der Waals surface area (Å²) in [6.07, 6.45) is -0.0941. The van der Waals surface area contributed by atoms with Crippen molar-refractivity contribution in [3.05, 3.63) is 0 Å². The Morgan fingerprint density at radius 3 is 2.50 bits per heavy atom. The van der Waals surface area contributed by atoms with Crippen molar-refractivity contribution in [2.24, 2.45) is 5.92 Å². The first-order chi connectivity index (χ1) is 6.61. The van der Waals surface area contributed by atoms with Crippen LogP contribution in [0.3, 0.4) is 0 Å². The molecule has 2 heterocycles. The van der Waals surface area contributed by atoms with E-state index in [-0.39, 0.29) is 11.9 Å². The fourth-order valence-corrected chi connectivity index (χ4v) is 2.71. The molecule has 2 rings (SSSR count). The second-order valence-corrected chi connectivity index (χ2v) is 5.64. The summed E-state index contributed by atoms with van der Waals surface area (Å²) in [5.41, 5.74) is -0.312. The van der Waals surface area contributed by atoms with Gasteiger partial charge in [0.2, 0.25) is 4.38 Å². The van der Waals surface area contributed by atoms with Crippen LogP contribution in [0.5, 0.6) is 0 Å². The van der Waals surface area contributed by atoms with Crippen molar-refractivity contribution in [3.63, 3.8) is 0 Å². The van der Waals surface area contributed by atoms with E-state index in [0.29, 0.717) is 23.5 Å². The van der Waals surface area contributed by atoms with Crippen molar-refractivity contribution >= 4 is 28.4 Å². The van der Waals surface area contributed by atoms with Crippen LogP contribution >= 0.6 is 24.0 Å². The van der Waals surface area contributed by atoms with Crippen LogP contribution in [0.2, 0.25) is 0 Å². The molecule has 80 valence electrons. The molecule has 0 aromatic carbocycles. The summed E-state index contributed by atoms with van der Waals surface area (Å²) in [7, 11) is 0. The summed E-state index contributed by atoms with van der Waals surface area (Å²) in [5, 5.41) is 0. The normalized spacial score (nSPS) is 37.9. The largest absolute Gasteiger partial charge is 0.466 e. The van der Waals surface area contributed by atoms with Crippen molar-refractivity contribution in [3.8, 4) is 0 Å². The molecule has 0 unspecified atom stereocenters. The predicted molar refractivity (Wildman–Crippen MR) is 59.4 cm³/mol. The summed E-state index contributed by atoms with van der Waals surface area (Å²) in [4.78, 5) is 0. The van der Waals surface area contributed by atoms with Crippen LogP contribution in [0.25, 0.3) is 0 Å². The standard InChI is InChI=1S/C9H14O3S2/c1-6(2)7-10-3-9(4-11-7)5-14-8(13)12-9/h6-7H,3-5H2,1-2H3. The average Bonchev–Trinajstić information content (AvgIpc) is 2.48. The molecule has 2 fully saturated rings. The summed E-state index contributed by atoms with van der Waals surface area (Å²) in [5.74, 6) is 1.23. The Hall–Kier alpha value is 0.160.